The predicted octanol–water partition coefficient (Wildman–Crippen LogP) is 5.49. The Morgan fingerprint density at radius 3 is 2.72 bits per heavy atom. The summed E-state index contributed by atoms with van der Waals surface area (Å²) in [4.78, 5) is 19.6. The van der Waals surface area contributed by atoms with E-state index in [0.717, 1.165) is 64.7 Å². The van der Waals surface area contributed by atoms with Crippen LogP contribution in [0, 0.1) is 0 Å². The van der Waals surface area contributed by atoms with Crippen molar-refractivity contribution in [2.45, 2.75) is 44.9 Å². The van der Waals surface area contributed by atoms with E-state index in [2.05, 4.69) is 50.0 Å². The van der Waals surface area contributed by atoms with Crippen molar-refractivity contribution >= 4 is 22.9 Å². The van der Waals surface area contributed by atoms with Crippen LogP contribution in [0.4, 0.5) is 5.69 Å². The molecule has 3 aliphatic rings. The Hall–Kier alpha value is -4.60. The van der Waals surface area contributed by atoms with E-state index in [1.54, 1.807) is 12.5 Å². The number of fused-ring (bicyclic) bond motifs is 2. The highest BCUT2D eigenvalue weighted by molar-refractivity contribution is 5.95. The number of rotatable bonds is 8. The van der Waals surface area contributed by atoms with E-state index in [9.17, 15) is 5.11 Å². The molecule has 2 aromatic carbocycles. The van der Waals surface area contributed by atoms with Gasteiger partial charge < -0.3 is 14.8 Å². The SMILES string of the molecule is CCN1CC(Oc2ccc(-c3cc4c(-c5cccc(N6Cc7ccc(C8CC8)cc7C=N6)c5CO)ncnc4[nH]3)nc2)C1. The van der Waals surface area contributed by atoms with Crippen LogP contribution in [0.2, 0.25) is 0 Å². The van der Waals surface area contributed by atoms with Crippen LogP contribution < -0.4 is 9.75 Å². The average Bonchev–Trinajstić information content (AvgIpc) is 3.79. The fourth-order valence-corrected chi connectivity index (χ4v) is 6.18. The molecule has 1 saturated heterocycles. The van der Waals surface area contributed by atoms with Crippen molar-refractivity contribution in [3.05, 3.63) is 89.4 Å². The number of aliphatic hydroxyl groups excluding tert-OH is 1. The smallest absolute Gasteiger partial charge is 0.141 e. The van der Waals surface area contributed by atoms with Crippen molar-refractivity contribution in [2.75, 3.05) is 24.6 Å². The number of aromatic amines is 1. The molecule has 0 bridgehead atoms. The maximum Gasteiger partial charge on any atom is 0.141 e. The molecule has 0 radical (unpaired) electrons. The molecule has 0 amide bonds. The monoisotopic (exact) mass is 571 g/mol. The van der Waals surface area contributed by atoms with Crippen LogP contribution in [-0.2, 0) is 13.2 Å². The van der Waals surface area contributed by atoms with E-state index in [-0.39, 0.29) is 12.7 Å². The Morgan fingerprint density at radius 2 is 1.93 bits per heavy atom. The van der Waals surface area contributed by atoms with Crippen molar-refractivity contribution in [1.82, 2.24) is 24.8 Å². The fraction of sp³-hybridized carbons (Fsp3) is 0.294. The summed E-state index contributed by atoms with van der Waals surface area (Å²) in [7, 11) is 0. The fourth-order valence-electron chi connectivity index (χ4n) is 6.18. The van der Waals surface area contributed by atoms with Crippen molar-refractivity contribution in [2.24, 2.45) is 5.10 Å². The lowest BCUT2D eigenvalue weighted by Crippen LogP contribution is -2.53. The van der Waals surface area contributed by atoms with Crippen LogP contribution in [0.5, 0.6) is 5.75 Å². The summed E-state index contributed by atoms with van der Waals surface area (Å²) in [6.07, 6.45) is 8.06. The summed E-state index contributed by atoms with van der Waals surface area (Å²) < 4.78 is 6.06. The average molecular weight is 572 g/mol. The number of hydrogen-bond acceptors (Lipinski definition) is 8. The zero-order valence-corrected chi connectivity index (χ0v) is 24.1. The van der Waals surface area contributed by atoms with Crippen molar-refractivity contribution < 1.29 is 9.84 Å². The van der Waals surface area contributed by atoms with E-state index in [1.807, 2.05) is 47.6 Å². The van der Waals surface area contributed by atoms with Gasteiger partial charge in [0.1, 0.15) is 23.8 Å². The molecule has 2 aliphatic heterocycles. The number of hydrogen-bond donors (Lipinski definition) is 2. The first-order chi connectivity index (χ1) is 21.2. The van der Waals surface area contributed by atoms with E-state index in [4.69, 9.17) is 9.84 Å². The maximum absolute atomic E-state index is 10.6. The summed E-state index contributed by atoms with van der Waals surface area (Å²) in [5, 5.41) is 18.2. The first-order valence-corrected chi connectivity index (χ1v) is 15.0. The van der Waals surface area contributed by atoms with E-state index >= 15 is 0 Å². The van der Waals surface area contributed by atoms with Gasteiger partial charge in [0.15, 0.2) is 0 Å². The molecule has 1 aliphatic carbocycles. The Balaban J connectivity index is 1.08. The number of aliphatic hydroxyl groups is 1. The zero-order chi connectivity index (χ0) is 28.9. The lowest BCUT2D eigenvalue weighted by Gasteiger charge is -2.38. The van der Waals surface area contributed by atoms with Crippen LogP contribution in [0.1, 0.15) is 47.9 Å². The van der Waals surface area contributed by atoms with Gasteiger partial charge in [-0.05, 0) is 72.3 Å². The summed E-state index contributed by atoms with van der Waals surface area (Å²) in [5.74, 6) is 1.48. The van der Waals surface area contributed by atoms with Gasteiger partial charge in [-0.1, -0.05) is 31.2 Å². The zero-order valence-electron chi connectivity index (χ0n) is 24.1. The van der Waals surface area contributed by atoms with Crippen LogP contribution in [0.3, 0.4) is 0 Å². The number of aromatic nitrogens is 4. The lowest BCUT2D eigenvalue weighted by molar-refractivity contribution is 0.0236. The molecule has 5 heterocycles. The minimum Gasteiger partial charge on any atom is -0.486 e. The van der Waals surface area contributed by atoms with Crippen molar-refractivity contribution in [3.63, 3.8) is 0 Å². The Bertz CT molecular complexity index is 1840. The van der Waals surface area contributed by atoms with E-state index in [0.29, 0.717) is 18.1 Å². The summed E-state index contributed by atoms with van der Waals surface area (Å²) >= 11 is 0. The Kier molecular flexibility index (Phi) is 6.42. The predicted molar refractivity (Wildman–Crippen MR) is 167 cm³/mol. The summed E-state index contributed by atoms with van der Waals surface area (Å²) in [6.45, 7) is 5.62. The summed E-state index contributed by atoms with van der Waals surface area (Å²) in [5.41, 5.74) is 9.40. The van der Waals surface area contributed by atoms with Gasteiger partial charge in [-0.3, -0.25) is 14.9 Å². The van der Waals surface area contributed by atoms with Crippen LogP contribution in [0.25, 0.3) is 33.7 Å². The number of benzene rings is 2. The molecule has 9 nitrogen and oxygen atoms in total. The van der Waals surface area contributed by atoms with Gasteiger partial charge in [0.25, 0.3) is 0 Å². The van der Waals surface area contributed by atoms with Gasteiger partial charge in [-0.15, -0.1) is 0 Å². The third kappa shape index (κ3) is 4.84. The molecule has 3 aromatic heterocycles. The van der Waals surface area contributed by atoms with E-state index in [1.165, 1.54) is 29.5 Å². The Labute approximate surface area is 249 Å². The van der Waals surface area contributed by atoms with Gasteiger partial charge in [0.05, 0.1) is 48.3 Å². The van der Waals surface area contributed by atoms with Gasteiger partial charge in [0.2, 0.25) is 0 Å². The number of anilines is 1. The van der Waals surface area contributed by atoms with Gasteiger partial charge >= 0.3 is 0 Å². The molecule has 0 unspecified atom stereocenters. The molecule has 43 heavy (non-hydrogen) atoms. The first-order valence-electron chi connectivity index (χ1n) is 15.0. The van der Waals surface area contributed by atoms with Crippen LogP contribution in [0.15, 0.2) is 72.2 Å². The highest BCUT2D eigenvalue weighted by Gasteiger charge is 2.27. The first kappa shape index (κ1) is 26.1. The second kappa shape index (κ2) is 10.6. The Morgan fingerprint density at radius 1 is 1.02 bits per heavy atom. The molecule has 0 spiro atoms. The molecule has 216 valence electrons. The van der Waals surface area contributed by atoms with E-state index < -0.39 is 0 Å². The normalized spacial score (nSPS) is 16.8. The number of H-pyrrole nitrogens is 1. The highest BCUT2D eigenvalue weighted by Crippen LogP contribution is 2.41. The van der Waals surface area contributed by atoms with Crippen molar-refractivity contribution in [3.8, 4) is 28.4 Å². The molecule has 5 aromatic rings. The van der Waals surface area contributed by atoms with Crippen molar-refractivity contribution in [1.29, 1.82) is 0 Å². The second-order valence-electron chi connectivity index (χ2n) is 11.6. The second-order valence-corrected chi connectivity index (χ2v) is 11.6. The number of likely N-dealkylation sites (N-methyl/N-ethyl adjacent to an activating group) is 1. The molecular weight excluding hydrogens is 538 g/mol. The van der Waals surface area contributed by atoms with Crippen LogP contribution >= 0.6 is 0 Å². The third-order valence-corrected chi connectivity index (χ3v) is 8.83. The molecule has 9 heteroatoms. The largest absolute Gasteiger partial charge is 0.486 e. The third-order valence-electron chi connectivity index (χ3n) is 8.83. The minimum atomic E-state index is -0.145. The van der Waals surface area contributed by atoms with Gasteiger partial charge in [-0.25, -0.2) is 9.97 Å². The lowest BCUT2D eigenvalue weighted by atomic mass is 9.98. The maximum atomic E-state index is 10.6. The molecule has 2 fully saturated rings. The molecule has 8 rings (SSSR count). The molecule has 0 atom stereocenters. The number of likely N-dealkylation sites (tertiary alicyclic amines) is 1. The standard InChI is InChI=1S/C34H33N7O2/c1-2-40-17-26(18-40)43-25-10-11-30(35-15-25)31-13-28-33(36-20-37-34(28)39-31)27-4-3-5-32(29(27)19-42)41-16-23-9-8-22(21-6-7-21)12-24(23)14-38-41/h3-5,8-15,20-21,26,42H,2,6-7,16-19H2,1H3,(H,36,37,39). The summed E-state index contributed by atoms with van der Waals surface area (Å²) in [6, 6.07) is 18.7. The molecule has 1 saturated carbocycles. The number of pyridine rings is 1. The molecular formula is C34H33N7O2. The highest BCUT2D eigenvalue weighted by atomic mass is 16.5. The quantitative estimate of drug-likeness (QED) is 0.254. The number of hydrazone groups is 1. The van der Waals surface area contributed by atoms with Gasteiger partial charge in [0, 0.05) is 29.6 Å². The number of nitrogens with zero attached hydrogens (tertiary/aromatic N) is 6. The molecule has 2 N–H and O–H groups in total. The number of nitrogens with one attached hydrogen (secondary N) is 1. The van der Waals surface area contributed by atoms with Gasteiger partial charge in [-0.2, -0.15) is 5.10 Å². The van der Waals surface area contributed by atoms with Crippen LogP contribution in [-0.4, -0.2) is 61.9 Å². The minimum absolute atomic E-state index is 0.145. The topological polar surface area (TPSA) is 103 Å². The number of ether oxygens (including phenoxy) is 1.